The van der Waals surface area contributed by atoms with Crippen molar-refractivity contribution in [3.63, 3.8) is 0 Å². The number of hydrogen-bond donors (Lipinski definition) is 2. The summed E-state index contributed by atoms with van der Waals surface area (Å²) in [5.74, 6) is 0.415. The summed E-state index contributed by atoms with van der Waals surface area (Å²) < 4.78 is 19.1. The number of benzene rings is 1. The van der Waals surface area contributed by atoms with Crippen LogP contribution in [0.15, 0.2) is 23.2 Å². The molecule has 9 heteroatoms. The van der Waals surface area contributed by atoms with E-state index < -0.39 is 11.7 Å². The molecule has 1 unspecified atom stereocenters. The van der Waals surface area contributed by atoms with Gasteiger partial charge in [-0.2, -0.15) is 0 Å². The molecule has 0 spiro atoms. The Morgan fingerprint density at radius 3 is 2.75 bits per heavy atom. The van der Waals surface area contributed by atoms with Crippen LogP contribution in [0.3, 0.4) is 0 Å². The lowest BCUT2D eigenvalue weighted by Crippen LogP contribution is -2.44. The molecule has 1 saturated heterocycles. The molecule has 28 heavy (non-hydrogen) atoms. The molecule has 2 N–H and O–H groups in total. The number of carbonyl (C=O) groups is 1. The third-order valence-electron chi connectivity index (χ3n) is 4.14. The third-order valence-corrected chi connectivity index (χ3v) is 4.49. The Morgan fingerprint density at radius 1 is 1.43 bits per heavy atom. The van der Waals surface area contributed by atoms with E-state index in [0.29, 0.717) is 30.1 Å². The number of rotatable bonds is 4. The Kier molecular flexibility index (Phi) is 9.76. The van der Waals surface area contributed by atoms with Gasteiger partial charge in [-0.15, -0.1) is 24.0 Å². The Hall–Kier alpha value is -1.29. The largest absolute Gasteiger partial charge is 0.444 e. The number of alkyl carbamates (subject to hydrolysis) is 1. The van der Waals surface area contributed by atoms with Gasteiger partial charge in [0, 0.05) is 37.3 Å². The fourth-order valence-electron chi connectivity index (χ4n) is 2.95. The number of likely N-dealkylation sites (tertiary alicyclic amines) is 1. The minimum atomic E-state index is -0.520. The van der Waals surface area contributed by atoms with Gasteiger partial charge < -0.3 is 20.3 Å². The van der Waals surface area contributed by atoms with Crippen LogP contribution in [0.5, 0.6) is 0 Å². The van der Waals surface area contributed by atoms with Gasteiger partial charge in [-0.3, -0.25) is 4.99 Å². The monoisotopic (exact) mass is 526 g/mol. The lowest BCUT2D eigenvalue weighted by Gasteiger charge is -2.23. The van der Waals surface area contributed by atoms with Crippen LogP contribution >= 0.6 is 35.6 Å². The summed E-state index contributed by atoms with van der Waals surface area (Å²) in [4.78, 5) is 18.2. The number of hydrogen-bond acceptors (Lipinski definition) is 3. The maximum Gasteiger partial charge on any atom is 0.407 e. The Bertz CT molecular complexity index is 677. The predicted octanol–water partition coefficient (Wildman–Crippen LogP) is 3.81. The van der Waals surface area contributed by atoms with Crippen molar-refractivity contribution >= 4 is 47.6 Å². The zero-order valence-electron chi connectivity index (χ0n) is 16.7. The van der Waals surface area contributed by atoms with Gasteiger partial charge in [-0.25, -0.2) is 9.18 Å². The van der Waals surface area contributed by atoms with Crippen molar-refractivity contribution in [2.45, 2.75) is 45.3 Å². The van der Waals surface area contributed by atoms with E-state index in [0.717, 1.165) is 18.9 Å². The number of aliphatic imine (C=N–C) groups is 1. The van der Waals surface area contributed by atoms with E-state index in [1.807, 2.05) is 20.8 Å². The van der Waals surface area contributed by atoms with Crippen LogP contribution < -0.4 is 10.6 Å². The Morgan fingerprint density at radius 2 is 2.14 bits per heavy atom. The summed E-state index contributed by atoms with van der Waals surface area (Å²) in [6, 6.07) is 4.68. The molecule has 1 aromatic carbocycles. The summed E-state index contributed by atoms with van der Waals surface area (Å²) >= 11 is 6.06. The second kappa shape index (κ2) is 11.0. The highest BCUT2D eigenvalue weighted by Gasteiger charge is 2.27. The second-order valence-electron chi connectivity index (χ2n) is 7.50. The number of carbonyl (C=O) groups excluding carboxylic acids is 1. The highest BCUT2D eigenvalue weighted by atomic mass is 127. The van der Waals surface area contributed by atoms with Crippen molar-refractivity contribution in [1.29, 1.82) is 0 Å². The fourth-order valence-corrected chi connectivity index (χ4v) is 3.20. The van der Waals surface area contributed by atoms with Crippen molar-refractivity contribution in [2.24, 2.45) is 4.99 Å². The van der Waals surface area contributed by atoms with Crippen molar-refractivity contribution < 1.29 is 13.9 Å². The lowest BCUT2D eigenvalue weighted by molar-refractivity contribution is 0.0507. The highest BCUT2D eigenvalue weighted by molar-refractivity contribution is 14.0. The van der Waals surface area contributed by atoms with Gasteiger partial charge in [0.05, 0.1) is 6.04 Å². The quantitative estimate of drug-likeness (QED) is 0.356. The number of amides is 1. The summed E-state index contributed by atoms with van der Waals surface area (Å²) in [6.07, 6.45) is 0.850. The van der Waals surface area contributed by atoms with Crippen LogP contribution in [-0.2, 0) is 11.2 Å². The molecule has 1 aromatic rings. The van der Waals surface area contributed by atoms with E-state index >= 15 is 0 Å². The minimum Gasteiger partial charge on any atom is -0.444 e. The summed E-state index contributed by atoms with van der Waals surface area (Å²) in [5, 5.41) is 6.55. The molecular weight excluding hydrogens is 498 g/mol. The molecule has 2 rings (SSSR count). The maximum absolute atomic E-state index is 13.8. The van der Waals surface area contributed by atoms with Gasteiger partial charge in [0.25, 0.3) is 0 Å². The van der Waals surface area contributed by atoms with E-state index in [1.54, 1.807) is 19.2 Å². The van der Waals surface area contributed by atoms with Gasteiger partial charge in [-0.05, 0) is 45.7 Å². The molecule has 1 atom stereocenters. The zero-order chi connectivity index (χ0) is 20.0. The minimum absolute atomic E-state index is 0. The molecule has 6 nitrogen and oxygen atoms in total. The van der Waals surface area contributed by atoms with Crippen LogP contribution in [0.1, 0.15) is 32.8 Å². The van der Waals surface area contributed by atoms with Gasteiger partial charge in [0.2, 0.25) is 0 Å². The van der Waals surface area contributed by atoms with Crippen LogP contribution in [0.4, 0.5) is 9.18 Å². The molecule has 1 amide bonds. The number of guanidine groups is 1. The van der Waals surface area contributed by atoms with E-state index in [1.165, 1.54) is 6.07 Å². The summed E-state index contributed by atoms with van der Waals surface area (Å²) in [7, 11) is 1.70. The first-order valence-corrected chi connectivity index (χ1v) is 9.45. The van der Waals surface area contributed by atoms with Gasteiger partial charge >= 0.3 is 6.09 Å². The number of halogens is 3. The summed E-state index contributed by atoms with van der Waals surface area (Å²) in [5.41, 5.74) is -0.0264. The molecule has 1 aliphatic heterocycles. The Balaban J connectivity index is 0.00000392. The van der Waals surface area contributed by atoms with E-state index in [4.69, 9.17) is 16.3 Å². The number of nitrogens with one attached hydrogen (secondary N) is 2. The molecule has 1 aliphatic rings. The second-order valence-corrected chi connectivity index (χ2v) is 7.91. The normalized spacial score (nSPS) is 17.1. The molecule has 158 valence electrons. The van der Waals surface area contributed by atoms with Crippen molar-refractivity contribution in [1.82, 2.24) is 15.5 Å². The first kappa shape index (κ1) is 24.7. The van der Waals surface area contributed by atoms with Crippen LogP contribution in [0, 0.1) is 5.82 Å². The average Bonchev–Trinajstić information content (AvgIpc) is 3.00. The topological polar surface area (TPSA) is 66.0 Å². The third kappa shape index (κ3) is 7.62. The van der Waals surface area contributed by atoms with Gasteiger partial charge in [-0.1, -0.05) is 17.7 Å². The fraction of sp³-hybridized carbons (Fsp3) is 0.579. The number of nitrogens with zero attached hydrogens (tertiary/aromatic N) is 2. The highest BCUT2D eigenvalue weighted by Crippen LogP contribution is 2.19. The first-order valence-electron chi connectivity index (χ1n) is 9.07. The van der Waals surface area contributed by atoms with Crippen molar-refractivity contribution in [3.05, 3.63) is 34.6 Å². The lowest BCUT2D eigenvalue weighted by atomic mass is 10.1. The summed E-state index contributed by atoms with van der Waals surface area (Å²) in [6.45, 7) is 7.41. The van der Waals surface area contributed by atoms with Gasteiger partial charge in [0.15, 0.2) is 5.96 Å². The van der Waals surface area contributed by atoms with E-state index in [9.17, 15) is 9.18 Å². The van der Waals surface area contributed by atoms with Crippen molar-refractivity contribution in [2.75, 3.05) is 26.7 Å². The van der Waals surface area contributed by atoms with Gasteiger partial charge in [0.1, 0.15) is 11.4 Å². The number of ether oxygens (including phenoxy) is 1. The molecule has 0 radical (unpaired) electrons. The van der Waals surface area contributed by atoms with E-state index in [2.05, 4.69) is 20.5 Å². The maximum atomic E-state index is 13.8. The first-order chi connectivity index (χ1) is 12.7. The predicted molar refractivity (Wildman–Crippen MR) is 121 cm³/mol. The smallest absolute Gasteiger partial charge is 0.407 e. The zero-order valence-corrected chi connectivity index (χ0v) is 19.8. The molecule has 1 fully saturated rings. The van der Waals surface area contributed by atoms with Crippen LogP contribution in [0.2, 0.25) is 5.02 Å². The molecular formula is C19H29ClFIN4O2. The molecule has 0 saturated carbocycles. The molecule has 0 aliphatic carbocycles. The molecule has 0 aromatic heterocycles. The average molecular weight is 527 g/mol. The molecule has 0 bridgehead atoms. The Labute approximate surface area is 188 Å². The van der Waals surface area contributed by atoms with E-state index in [-0.39, 0.29) is 35.8 Å². The standard InChI is InChI=1S/C19H28ClFN4O2.HI/c1-19(2,3)27-18(26)24-13-9-11-25(12-13)17(22-4)23-10-8-14-15(20)6-5-7-16(14)21;/h5-7,13H,8-12H2,1-4H3,(H,22,23)(H,24,26);1H. The van der Waals surface area contributed by atoms with Crippen LogP contribution in [-0.4, -0.2) is 55.3 Å². The van der Waals surface area contributed by atoms with Crippen molar-refractivity contribution in [3.8, 4) is 0 Å². The van der Waals surface area contributed by atoms with Crippen LogP contribution in [0.25, 0.3) is 0 Å². The SMILES string of the molecule is CN=C(NCCc1c(F)cccc1Cl)N1CCC(NC(=O)OC(C)(C)C)C1.I. The molecule has 1 heterocycles.